The highest BCUT2D eigenvalue weighted by atomic mass is 16.4. The number of hydrogen-bond donors (Lipinski definition) is 3. The molecule has 3 N–H and O–H groups in total. The van der Waals surface area contributed by atoms with Crippen LogP contribution in [0.2, 0.25) is 0 Å². The summed E-state index contributed by atoms with van der Waals surface area (Å²) in [6.07, 6.45) is 0.0967. The Kier molecular flexibility index (Phi) is 5.78. The van der Waals surface area contributed by atoms with Crippen molar-refractivity contribution in [2.45, 2.75) is 18.9 Å². The molecular weight excluding hydrogens is 346 g/mol. The number of carbonyl (C=O) groups excluding carboxylic acids is 3. The molecule has 10 heteroatoms. The Morgan fingerprint density at radius 3 is 2.42 bits per heavy atom. The largest absolute Gasteiger partial charge is 0.481 e. The number of urea groups is 1. The maximum Gasteiger partial charge on any atom is 0.335 e. The number of aliphatic imine (C=N–C) groups is 1. The molecule has 2 atom stereocenters. The topological polar surface area (TPSA) is 153 Å². The normalized spacial score (nSPS) is 18.7. The van der Waals surface area contributed by atoms with Gasteiger partial charge in [-0.05, 0) is 18.6 Å². The third-order valence-electron chi connectivity index (χ3n) is 3.55. The van der Waals surface area contributed by atoms with Crippen molar-refractivity contribution in [2.24, 2.45) is 10.9 Å². The number of amides is 4. The SMILES string of the molecule is O=C(O)CC[C@@H](N=C[C@H]1C(=O)NC(=O)N(c2ccccc2)C1=O)C(=O)O. The number of nitrogens with zero attached hydrogens (tertiary/aromatic N) is 2. The highest BCUT2D eigenvalue weighted by Gasteiger charge is 2.40. The van der Waals surface area contributed by atoms with Gasteiger partial charge in [-0.3, -0.25) is 24.7 Å². The summed E-state index contributed by atoms with van der Waals surface area (Å²) in [5.41, 5.74) is 0.238. The fraction of sp³-hybridized carbons (Fsp3) is 0.250. The van der Waals surface area contributed by atoms with E-state index >= 15 is 0 Å². The second kappa shape index (κ2) is 8.01. The molecular formula is C16H15N3O7. The fourth-order valence-corrected chi connectivity index (χ4v) is 2.26. The predicted molar refractivity (Wildman–Crippen MR) is 87.7 cm³/mol. The van der Waals surface area contributed by atoms with E-state index in [1.54, 1.807) is 18.2 Å². The quantitative estimate of drug-likeness (QED) is 0.465. The maximum atomic E-state index is 12.5. The molecule has 26 heavy (non-hydrogen) atoms. The van der Waals surface area contributed by atoms with Crippen LogP contribution in [0.5, 0.6) is 0 Å². The van der Waals surface area contributed by atoms with Gasteiger partial charge < -0.3 is 10.2 Å². The van der Waals surface area contributed by atoms with E-state index in [0.717, 1.165) is 11.1 Å². The smallest absolute Gasteiger partial charge is 0.335 e. The lowest BCUT2D eigenvalue weighted by atomic mass is 10.1. The first-order valence-corrected chi connectivity index (χ1v) is 7.53. The van der Waals surface area contributed by atoms with E-state index in [0.29, 0.717) is 0 Å². The minimum absolute atomic E-state index is 0.238. The molecule has 136 valence electrons. The van der Waals surface area contributed by atoms with Crippen LogP contribution in [0.3, 0.4) is 0 Å². The van der Waals surface area contributed by atoms with Crippen molar-refractivity contribution in [1.29, 1.82) is 0 Å². The van der Waals surface area contributed by atoms with Gasteiger partial charge in [0.2, 0.25) is 5.91 Å². The van der Waals surface area contributed by atoms with Crippen LogP contribution in [-0.2, 0) is 19.2 Å². The number of rotatable bonds is 7. The number of benzene rings is 1. The van der Waals surface area contributed by atoms with Crippen LogP contribution in [-0.4, -0.2) is 52.3 Å². The van der Waals surface area contributed by atoms with E-state index in [1.807, 2.05) is 5.32 Å². The molecule has 1 fully saturated rings. The number of anilines is 1. The number of aliphatic carboxylic acids is 2. The third-order valence-corrected chi connectivity index (χ3v) is 3.55. The van der Waals surface area contributed by atoms with Gasteiger partial charge in [-0.2, -0.15) is 0 Å². The van der Waals surface area contributed by atoms with Gasteiger partial charge in [0, 0.05) is 12.6 Å². The number of barbiturate groups is 1. The Balaban J connectivity index is 2.22. The van der Waals surface area contributed by atoms with E-state index < -0.39 is 48.2 Å². The average Bonchev–Trinajstić information content (AvgIpc) is 2.57. The molecule has 1 heterocycles. The number of para-hydroxylation sites is 1. The summed E-state index contributed by atoms with van der Waals surface area (Å²) in [7, 11) is 0. The Morgan fingerprint density at radius 2 is 1.85 bits per heavy atom. The molecule has 0 saturated carbocycles. The summed E-state index contributed by atoms with van der Waals surface area (Å²) in [5, 5.41) is 19.7. The van der Waals surface area contributed by atoms with Crippen LogP contribution in [0.15, 0.2) is 35.3 Å². The summed E-state index contributed by atoms with van der Waals surface area (Å²) in [5.74, 6) is -5.89. The van der Waals surface area contributed by atoms with E-state index in [1.165, 1.54) is 12.1 Å². The summed E-state index contributed by atoms with van der Waals surface area (Å²) in [4.78, 5) is 62.5. The zero-order valence-electron chi connectivity index (χ0n) is 13.4. The Hall–Kier alpha value is -3.56. The number of carboxylic acid groups (broad SMARTS) is 2. The zero-order chi connectivity index (χ0) is 19.3. The molecule has 4 amide bonds. The number of carbonyl (C=O) groups is 5. The lowest BCUT2D eigenvalue weighted by molar-refractivity contribution is -0.140. The molecule has 0 spiro atoms. The first-order valence-electron chi connectivity index (χ1n) is 7.53. The summed E-state index contributed by atoms with van der Waals surface area (Å²) < 4.78 is 0. The lowest BCUT2D eigenvalue weighted by Gasteiger charge is -2.28. The zero-order valence-corrected chi connectivity index (χ0v) is 13.4. The van der Waals surface area contributed by atoms with E-state index in [-0.39, 0.29) is 12.1 Å². The van der Waals surface area contributed by atoms with Crippen molar-refractivity contribution in [1.82, 2.24) is 5.32 Å². The standard InChI is InChI=1S/C16H15N3O7/c20-12(21)7-6-11(15(24)25)17-8-10-13(22)18-16(26)19(14(10)23)9-4-2-1-3-5-9/h1-5,8,10-11H,6-7H2,(H,20,21)(H,24,25)(H,18,22,26)/t10-,11+/m0/s1. The Labute approximate surface area is 147 Å². The second-order valence-corrected chi connectivity index (χ2v) is 5.37. The molecule has 0 aromatic heterocycles. The highest BCUT2D eigenvalue weighted by Crippen LogP contribution is 2.19. The van der Waals surface area contributed by atoms with Gasteiger partial charge in [0.15, 0.2) is 5.92 Å². The fourth-order valence-electron chi connectivity index (χ4n) is 2.26. The minimum Gasteiger partial charge on any atom is -0.481 e. The summed E-state index contributed by atoms with van der Waals surface area (Å²) in [6, 6.07) is 5.53. The van der Waals surface area contributed by atoms with Crippen LogP contribution in [0.1, 0.15) is 12.8 Å². The van der Waals surface area contributed by atoms with Crippen LogP contribution in [0, 0.1) is 5.92 Å². The summed E-state index contributed by atoms with van der Waals surface area (Å²) >= 11 is 0. The van der Waals surface area contributed by atoms with E-state index in [9.17, 15) is 24.0 Å². The van der Waals surface area contributed by atoms with Crippen molar-refractivity contribution >= 4 is 41.7 Å². The molecule has 1 aromatic carbocycles. The summed E-state index contributed by atoms with van der Waals surface area (Å²) in [6.45, 7) is 0. The molecule has 0 bridgehead atoms. The van der Waals surface area contributed by atoms with Crippen molar-refractivity contribution in [2.75, 3.05) is 4.90 Å². The first-order chi connectivity index (χ1) is 12.3. The van der Waals surface area contributed by atoms with Crippen LogP contribution in [0.25, 0.3) is 0 Å². The van der Waals surface area contributed by atoms with Gasteiger partial charge in [-0.15, -0.1) is 0 Å². The van der Waals surface area contributed by atoms with E-state index in [4.69, 9.17) is 10.2 Å². The van der Waals surface area contributed by atoms with Gasteiger partial charge in [0.05, 0.1) is 5.69 Å². The average molecular weight is 361 g/mol. The third kappa shape index (κ3) is 4.29. The Morgan fingerprint density at radius 1 is 1.19 bits per heavy atom. The van der Waals surface area contributed by atoms with Gasteiger partial charge >= 0.3 is 18.0 Å². The van der Waals surface area contributed by atoms with Crippen molar-refractivity contribution in [3.8, 4) is 0 Å². The lowest BCUT2D eigenvalue weighted by Crippen LogP contribution is -2.58. The number of carboxylic acids is 2. The number of imide groups is 2. The number of nitrogens with one attached hydrogen (secondary N) is 1. The first kappa shape index (κ1) is 18.8. The minimum atomic E-state index is -1.50. The number of hydrogen-bond acceptors (Lipinski definition) is 6. The Bertz CT molecular complexity index is 775. The van der Waals surface area contributed by atoms with Gasteiger partial charge in [0.25, 0.3) is 5.91 Å². The molecule has 2 rings (SSSR count). The van der Waals surface area contributed by atoms with Crippen LogP contribution in [0.4, 0.5) is 10.5 Å². The van der Waals surface area contributed by atoms with Gasteiger partial charge in [-0.25, -0.2) is 14.5 Å². The molecule has 0 unspecified atom stereocenters. The molecule has 1 aliphatic rings. The molecule has 1 saturated heterocycles. The van der Waals surface area contributed by atoms with Gasteiger partial charge in [-0.1, -0.05) is 18.2 Å². The van der Waals surface area contributed by atoms with Gasteiger partial charge in [0.1, 0.15) is 6.04 Å². The molecule has 10 nitrogen and oxygen atoms in total. The van der Waals surface area contributed by atoms with E-state index in [2.05, 4.69) is 4.99 Å². The molecule has 1 aliphatic heterocycles. The molecule has 1 aromatic rings. The highest BCUT2D eigenvalue weighted by molar-refractivity contribution is 6.32. The second-order valence-electron chi connectivity index (χ2n) is 5.37. The van der Waals surface area contributed by atoms with Crippen LogP contribution >= 0.6 is 0 Å². The molecule has 0 aliphatic carbocycles. The molecule has 0 radical (unpaired) electrons. The van der Waals surface area contributed by atoms with Crippen molar-refractivity contribution in [3.63, 3.8) is 0 Å². The maximum absolute atomic E-state index is 12.5. The van der Waals surface area contributed by atoms with Crippen molar-refractivity contribution in [3.05, 3.63) is 30.3 Å². The predicted octanol–water partition coefficient (Wildman–Crippen LogP) is 0.274. The van der Waals surface area contributed by atoms with Crippen molar-refractivity contribution < 1.29 is 34.2 Å². The monoisotopic (exact) mass is 361 g/mol. The van der Waals surface area contributed by atoms with Crippen LogP contribution < -0.4 is 10.2 Å².